The van der Waals surface area contributed by atoms with Gasteiger partial charge in [-0.1, -0.05) is 12.2 Å². The molecule has 0 aromatic carbocycles. The minimum absolute atomic E-state index is 0.0472. The minimum Gasteiger partial charge on any atom is -0.392 e. The van der Waals surface area contributed by atoms with Crippen molar-refractivity contribution in [1.29, 1.82) is 0 Å². The molecule has 0 atom stereocenters. The molecule has 0 bridgehead atoms. The van der Waals surface area contributed by atoms with Crippen molar-refractivity contribution >= 4 is 23.1 Å². The summed E-state index contributed by atoms with van der Waals surface area (Å²) in [6.45, 7) is 4.42. The average molecular weight is 292 g/mol. The first-order chi connectivity index (χ1) is 9.54. The van der Waals surface area contributed by atoms with Crippen LogP contribution in [-0.4, -0.2) is 46.5 Å². The van der Waals surface area contributed by atoms with Crippen molar-refractivity contribution in [3.05, 3.63) is 29.6 Å². The van der Waals surface area contributed by atoms with E-state index in [9.17, 15) is 4.79 Å². The molecule has 1 aliphatic heterocycles. The second-order valence-corrected chi connectivity index (χ2v) is 5.77. The van der Waals surface area contributed by atoms with Crippen molar-refractivity contribution < 1.29 is 4.79 Å². The van der Waals surface area contributed by atoms with Gasteiger partial charge in [0.1, 0.15) is 0 Å². The Hall–Kier alpha value is -1.53. The molecular formula is C14H20N4OS. The van der Waals surface area contributed by atoms with Crippen LogP contribution < -0.4 is 11.1 Å². The number of amides is 1. The molecule has 1 aromatic rings. The first-order valence-corrected chi connectivity index (χ1v) is 7.18. The molecule has 2 heterocycles. The topological polar surface area (TPSA) is 71.2 Å². The van der Waals surface area contributed by atoms with Crippen molar-refractivity contribution in [2.24, 2.45) is 5.73 Å². The number of carbonyl (C=O) groups is 1. The average Bonchev–Trinajstić information content (AvgIpc) is 2.40. The summed E-state index contributed by atoms with van der Waals surface area (Å²) in [6.07, 6.45) is 5.19. The highest BCUT2D eigenvalue weighted by Gasteiger charge is 2.21. The predicted molar refractivity (Wildman–Crippen MR) is 82.7 cm³/mol. The molecule has 5 nitrogen and oxygen atoms in total. The van der Waals surface area contributed by atoms with E-state index < -0.39 is 0 Å². The Balaban J connectivity index is 1.83. The summed E-state index contributed by atoms with van der Waals surface area (Å²) in [6, 6.07) is 2.07. The zero-order chi connectivity index (χ0) is 14.5. The molecule has 0 saturated carbocycles. The summed E-state index contributed by atoms with van der Waals surface area (Å²) >= 11 is 4.91. The molecule has 1 amide bonds. The number of piperidine rings is 1. The van der Waals surface area contributed by atoms with E-state index >= 15 is 0 Å². The van der Waals surface area contributed by atoms with Crippen LogP contribution in [0.15, 0.2) is 18.5 Å². The van der Waals surface area contributed by atoms with E-state index in [-0.39, 0.29) is 11.9 Å². The lowest BCUT2D eigenvalue weighted by atomic mass is 10.0. The van der Waals surface area contributed by atoms with Gasteiger partial charge < -0.3 is 11.1 Å². The molecule has 108 valence electrons. The summed E-state index contributed by atoms with van der Waals surface area (Å²) in [4.78, 5) is 18.9. The number of hydrogen-bond acceptors (Lipinski definition) is 4. The third kappa shape index (κ3) is 4.25. The predicted octanol–water partition coefficient (Wildman–Crippen LogP) is 0.870. The van der Waals surface area contributed by atoms with Gasteiger partial charge in [-0.05, 0) is 31.4 Å². The van der Waals surface area contributed by atoms with Crippen LogP contribution in [-0.2, 0) is 0 Å². The van der Waals surface area contributed by atoms with Gasteiger partial charge in [0.2, 0.25) is 0 Å². The van der Waals surface area contributed by atoms with Crippen molar-refractivity contribution in [3.63, 3.8) is 0 Å². The number of pyridine rings is 1. The fourth-order valence-electron chi connectivity index (χ4n) is 2.40. The molecule has 0 radical (unpaired) electrons. The van der Waals surface area contributed by atoms with Crippen molar-refractivity contribution in [3.8, 4) is 0 Å². The lowest BCUT2D eigenvalue weighted by Gasteiger charge is -2.31. The molecule has 20 heavy (non-hydrogen) atoms. The number of rotatable bonds is 4. The zero-order valence-corrected chi connectivity index (χ0v) is 12.4. The maximum absolute atomic E-state index is 12.1. The molecule has 1 aliphatic rings. The van der Waals surface area contributed by atoms with Crippen LogP contribution in [0.2, 0.25) is 0 Å². The number of nitrogens with two attached hydrogens (primary N) is 1. The number of carbonyl (C=O) groups excluding carboxylic acids is 1. The standard InChI is InChI=1S/C14H20N4OS/c1-10-6-11(8-16-7-10)14(19)17-12-2-4-18(5-3-12)9-13(15)20/h6-8,12H,2-5,9H2,1H3,(H2,15,20)(H,17,19). The Morgan fingerprint density at radius 1 is 1.50 bits per heavy atom. The van der Waals surface area contributed by atoms with E-state index in [1.54, 1.807) is 12.4 Å². The van der Waals surface area contributed by atoms with Crippen LogP contribution in [0.5, 0.6) is 0 Å². The Kier molecular flexibility index (Phi) is 5.03. The molecule has 0 aliphatic carbocycles. The number of aryl methyl sites for hydroxylation is 1. The first kappa shape index (κ1) is 14.9. The van der Waals surface area contributed by atoms with E-state index in [0.717, 1.165) is 31.5 Å². The lowest BCUT2D eigenvalue weighted by Crippen LogP contribution is -2.46. The molecule has 2 rings (SSSR count). The van der Waals surface area contributed by atoms with Crippen LogP contribution >= 0.6 is 12.2 Å². The maximum atomic E-state index is 12.1. The van der Waals surface area contributed by atoms with Gasteiger partial charge in [-0.25, -0.2) is 0 Å². The van der Waals surface area contributed by atoms with E-state index in [0.29, 0.717) is 17.1 Å². The van der Waals surface area contributed by atoms with E-state index in [4.69, 9.17) is 18.0 Å². The molecule has 0 spiro atoms. The van der Waals surface area contributed by atoms with Crippen LogP contribution in [0.25, 0.3) is 0 Å². The van der Waals surface area contributed by atoms with E-state index in [2.05, 4.69) is 15.2 Å². The molecule has 6 heteroatoms. The molecular weight excluding hydrogens is 272 g/mol. The van der Waals surface area contributed by atoms with Crippen molar-refractivity contribution in [2.75, 3.05) is 19.6 Å². The summed E-state index contributed by atoms with van der Waals surface area (Å²) in [5.74, 6) is -0.0472. The van der Waals surface area contributed by atoms with Crippen LogP contribution in [0, 0.1) is 6.92 Å². The Morgan fingerprint density at radius 3 is 2.80 bits per heavy atom. The number of nitrogens with one attached hydrogen (secondary N) is 1. The number of nitrogens with zero attached hydrogens (tertiary/aromatic N) is 2. The lowest BCUT2D eigenvalue weighted by molar-refractivity contribution is 0.0914. The summed E-state index contributed by atoms with van der Waals surface area (Å²) in [5, 5.41) is 3.07. The fraction of sp³-hybridized carbons (Fsp3) is 0.500. The highest BCUT2D eigenvalue weighted by Crippen LogP contribution is 2.11. The van der Waals surface area contributed by atoms with Gasteiger partial charge in [-0.15, -0.1) is 0 Å². The number of hydrogen-bond donors (Lipinski definition) is 2. The van der Waals surface area contributed by atoms with Gasteiger partial charge in [0.25, 0.3) is 5.91 Å². The van der Waals surface area contributed by atoms with Gasteiger partial charge in [-0.2, -0.15) is 0 Å². The van der Waals surface area contributed by atoms with E-state index in [1.807, 2.05) is 13.0 Å². The molecule has 1 fully saturated rings. The summed E-state index contributed by atoms with van der Waals surface area (Å²) in [7, 11) is 0. The van der Waals surface area contributed by atoms with Crippen molar-refractivity contribution in [2.45, 2.75) is 25.8 Å². The number of likely N-dealkylation sites (tertiary alicyclic amines) is 1. The quantitative estimate of drug-likeness (QED) is 0.806. The zero-order valence-electron chi connectivity index (χ0n) is 11.6. The highest BCUT2D eigenvalue weighted by molar-refractivity contribution is 7.80. The third-order valence-corrected chi connectivity index (χ3v) is 3.57. The Bertz CT molecular complexity index is 498. The summed E-state index contributed by atoms with van der Waals surface area (Å²) < 4.78 is 0. The summed E-state index contributed by atoms with van der Waals surface area (Å²) in [5.41, 5.74) is 7.15. The maximum Gasteiger partial charge on any atom is 0.253 e. The smallest absolute Gasteiger partial charge is 0.253 e. The number of aromatic nitrogens is 1. The monoisotopic (exact) mass is 292 g/mol. The number of thiocarbonyl (C=S) groups is 1. The van der Waals surface area contributed by atoms with Crippen LogP contribution in [0.4, 0.5) is 0 Å². The van der Waals surface area contributed by atoms with E-state index in [1.165, 1.54) is 0 Å². The fourth-order valence-corrected chi connectivity index (χ4v) is 2.59. The SMILES string of the molecule is Cc1cncc(C(=O)NC2CCN(CC(N)=S)CC2)c1. The molecule has 1 aromatic heterocycles. The highest BCUT2D eigenvalue weighted by atomic mass is 32.1. The van der Waals surface area contributed by atoms with Crippen molar-refractivity contribution in [1.82, 2.24) is 15.2 Å². The van der Waals surface area contributed by atoms with Crippen LogP contribution in [0.1, 0.15) is 28.8 Å². The third-order valence-electron chi connectivity index (χ3n) is 3.44. The molecule has 1 saturated heterocycles. The molecule has 0 unspecified atom stereocenters. The Morgan fingerprint density at radius 2 is 2.20 bits per heavy atom. The van der Waals surface area contributed by atoms with Gasteiger partial charge >= 0.3 is 0 Å². The Labute approximate surface area is 124 Å². The first-order valence-electron chi connectivity index (χ1n) is 6.78. The molecule has 3 N–H and O–H groups in total. The second-order valence-electron chi connectivity index (χ2n) is 5.24. The second kappa shape index (κ2) is 6.76. The van der Waals surface area contributed by atoms with Gasteiger partial charge in [0.15, 0.2) is 0 Å². The van der Waals surface area contributed by atoms with Crippen LogP contribution in [0.3, 0.4) is 0 Å². The minimum atomic E-state index is -0.0472. The van der Waals surface area contributed by atoms with Gasteiger partial charge in [0, 0.05) is 38.1 Å². The largest absolute Gasteiger partial charge is 0.392 e. The van der Waals surface area contributed by atoms with Gasteiger partial charge in [-0.3, -0.25) is 14.7 Å². The van der Waals surface area contributed by atoms with Gasteiger partial charge in [0.05, 0.1) is 10.6 Å². The normalized spacial score (nSPS) is 16.9.